The number of nitrogens with zero attached hydrogens (tertiary/aromatic N) is 2. The number of hydrogen-bond donors (Lipinski definition) is 1. The van der Waals surface area contributed by atoms with E-state index in [4.69, 9.17) is 11.6 Å². The topological polar surface area (TPSA) is 35.6 Å². The monoisotopic (exact) mass is 369 g/mol. The van der Waals surface area contributed by atoms with Crippen LogP contribution in [-0.4, -0.2) is 48.6 Å². The van der Waals surface area contributed by atoms with Crippen LogP contribution in [0.3, 0.4) is 0 Å². The van der Waals surface area contributed by atoms with Crippen molar-refractivity contribution in [2.75, 3.05) is 32.7 Å². The summed E-state index contributed by atoms with van der Waals surface area (Å²) in [6, 6.07) is 17.8. The first-order valence-electron chi connectivity index (χ1n) is 8.92. The first-order chi connectivity index (χ1) is 12.7. The molecule has 4 nitrogen and oxygen atoms in total. The Labute approximate surface area is 160 Å². The van der Waals surface area contributed by atoms with Crippen molar-refractivity contribution < 1.29 is 4.79 Å². The molecule has 0 spiro atoms. The van der Waals surface area contributed by atoms with E-state index in [-0.39, 0.29) is 6.03 Å². The number of nitrogens with one attached hydrogen (secondary N) is 1. The van der Waals surface area contributed by atoms with Gasteiger partial charge in [0.15, 0.2) is 0 Å². The van der Waals surface area contributed by atoms with E-state index in [0.717, 1.165) is 38.3 Å². The first kappa shape index (κ1) is 18.5. The Hall–Kier alpha value is -2.30. The second-order valence-electron chi connectivity index (χ2n) is 6.39. The van der Waals surface area contributed by atoms with Crippen LogP contribution in [0.1, 0.15) is 11.1 Å². The van der Waals surface area contributed by atoms with Gasteiger partial charge in [0.1, 0.15) is 0 Å². The molecule has 1 aliphatic rings. The summed E-state index contributed by atoms with van der Waals surface area (Å²) in [4.78, 5) is 16.5. The highest BCUT2D eigenvalue weighted by Gasteiger charge is 2.19. The van der Waals surface area contributed by atoms with Crippen molar-refractivity contribution in [1.82, 2.24) is 15.1 Å². The normalized spacial score (nSPS) is 15.3. The van der Waals surface area contributed by atoms with Gasteiger partial charge in [-0.3, -0.25) is 4.90 Å². The van der Waals surface area contributed by atoms with Crippen molar-refractivity contribution in [3.63, 3.8) is 0 Å². The molecule has 3 rings (SSSR count). The van der Waals surface area contributed by atoms with Crippen LogP contribution in [0.25, 0.3) is 6.08 Å². The molecule has 2 aromatic carbocycles. The maximum Gasteiger partial charge on any atom is 0.317 e. The number of rotatable bonds is 5. The van der Waals surface area contributed by atoms with Crippen molar-refractivity contribution in [2.45, 2.75) is 6.54 Å². The minimum absolute atomic E-state index is 0.00977. The van der Waals surface area contributed by atoms with E-state index in [9.17, 15) is 4.79 Å². The molecule has 0 radical (unpaired) electrons. The second kappa shape index (κ2) is 9.41. The molecule has 0 saturated carbocycles. The van der Waals surface area contributed by atoms with Gasteiger partial charge in [-0.2, -0.15) is 0 Å². The fourth-order valence-electron chi connectivity index (χ4n) is 2.97. The van der Waals surface area contributed by atoms with Gasteiger partial charge in [-0.05, 0) is 23.3 Å². The van der Waals surface area contributed by atoms with Gasteiger partial charge in [0.2, 0.25) is 0 Å². The molecule has 26 heavy (non-hydrogen) atoms. The Morgan fingerprint density at radius 2 is 1.81 bits per heavy atom. The van der Waals surface area contributed by atoms with Crippen LogP contribution in [0.15, 0.2) is 60.7 Å². The summed E-state index contributed by atoms with van der Waals surface area (Å²) < 4.78 is 0. The first-order valence-corrected chi connectivity index (χ1v) is 9.30. The SMILES string of the molecule is O=C(NCc1cccc(Cl)c1)N1CCN(C/C=C/c2ccccc2)CC1. The van der Waals surface area contributed by atoms with E-state index >= 15 is 0 Å². The lowest BCUT2D eigenvalue weighted by molar-refractivity contribution is 0.146. The van der Waals surface area contributed by atoms with Gasteiger partial charge in [-0.1, -0.05) is 66.2 Å². The summed E-state index contributed by atoms with van der Waals surface area (Å²) in [5.41, 5.74) is 2.22. The zero-order valence-corrected chi connectivity index (χ0v) is 15.5. The molecule has 1 saturated heterocycles. The molecule has 0 aliphatic carbocycles. The van der Waals surface area contributed by atoms with E-state index in [2.05, 4.69) is 34.5 Å². The van der Waals surface area contributed by atoms with Crippen LogP contribution < -0.4 is 5.32 Å². The molecule has 0 aromatic heterocycles. The maximum atomic E-state index is 12.3. The largest absolute Gasteiger partial charge is 0.334 e. The minimum Gasteiger partial charge on any atom is -0.334 e. The summed E-state index contributed by atoms with van der Waals surface area (Å²) >= 11 is 5.97. The quantitative estimate of drug-likeness (QED) is 0.868. The third-order valence-electron chi connectivity index (χ3n) is 4.47. The smallest absolute Gasteiger partial charge is 0.317 e. The number of carbonyl (C=O) groups is 1. The van der Waals surface area contributed by atoms with Crippen molar-refractivity contribution in [2.24, 2.45) is 0 Å². The molecular formula is C21H24ClN3O. The molecule has 0 unspecified atom stereocenters. The van der Waals surface area contributed by atoms with Crippen LogP contribution in [0.2, 0.25) is 5.02 Å². The molecule has 1 N–H and O–H groups in total. The van der Waals surface area contributed by atoms with Gasteiger partial charge in [0, 0.05) is 44.3 Å². The Bertz CT molecular complexity index is 740. The molecule has 0 atom stereocenters. The molecule has 5 heteroatoms. The molecule has 1 heterocycles. The summed E-state index contributed by atoms with van der Waals surface area (Å²) in [5, 5.41) is 3.66. The molecule has 136 valence electrons. The molecule has 1 fully saturated rings. The summed E-state index contributed by atoms with van der Waals surface area (Å²) in [6.07, 6.45) is 4.33. The highest BCUT2D eigenvalue weighted by molar-refractivity contribution is 6.30. The van der Waals surface area contributed by atoms with Crippen LogP contribution in [0.5, 0.6) is 0 Å². The van der Waals surface area contributed by atoms with Gasteiger partial charge in [0.25, 0.3) is 0 Å². The van der Waals surface area contributed by atoms with Gasteiger partial charge < -0.3 is 10.2 Å². The van der Waals surface area contributed by atoms with E-state index in [1.807, 2.05) is 47.4 Å². The number of carbonyl (C=O) groups excluding carboxylic acids is 1. The summed E-state index contributed by atoms with van der Waals surface area (Å²) in [7, 11) is 0. The lowest BCUT2D eigenvalue weighted by atomic mass is 10.2. The number of urea groups is 1. The average Bonchev–Trinajstić information content (AvgIpc) is 2.68. The van der Waals surface area contributed by atoms with Gasteiger partial charge in [-0.25, -0.2) is 4.79 Å². The average molecular weight is 370 g/mol. The molecule has 2 aromatic rings. The summed E-state index contributed by atoms with van der Waals surface area (Å²) in [6.45, 7) is 4.70. The maximum absolute atomic E-state index is 12.3. The predicted molar refractivity (Wildman–Crippen MR) is 107 cm³/mol. The Kier molecular flexibility index (Phi) is 6.69. The highest BCUT2D eigenvalue weighted by atomic mass is 35.5. The van der Waals surface area contributed by atoms with Crippen molar-refractivity contribution >= 4 is 23.7 Å². The Morgan fingerprint density at radius 1 is 1.04 bits per heavy atom. The number of halogens is 1. The summed E-state index contributed by atoms with van der Waals surface area (Å²) in [5.74, 6) is 0. The fourth-order valence-corrected chi connectivity index (χ4v) is 3.18. The number of piperazine rings is 1. The third kappa shape index (κ3) is 5.61. The molecule has 0 bridgehead atoms. The lowest BCUT2D eigenvalue weighted by Gasteiger charge is -2.34. The van der Waals surface area contributed by atoms with E-state index in [1.165, 1.54) is 5.56 Å². The van der Waals surface area contributed by atoms with Crippen molar-refractivity contribution in [3.8, 4) is 0 Å². The fraction of sp³-hybridized carbons (Fsp3) is 0.286. The molecule has 1 aliphatic heterocycles. The number of amides is 2. The molecule has 2 amide bonds. The second-order valence-corrected chi connectivity index (χ2v) is 6.83. The zero-order valence-electron chi connectivity index (χ0n) is 14.8. The third-order valence-corrected chi connectivity index (χ3v) is 4.70. The van der Waals surface area contributed by atoms with Gasteiger partial charge >= 0.3 is 6.03 Å². The van der Waals surface area contributed by atoms with Crippen LogP contribution >= 0.6 is 11.6 Å². The minimum atomic E-state index is -0.00977. The lowest BCUT2D eigenvalue weighted by Crippen LogP contribution is -2.51. The Morgan fingerprint density at radius 3 is 2.54 bits per heavy atom. The highest BCUT2D eigenvalue weighted by Crippen LogP contribution is 2.11. The van der Waals surface area contributed by atoms with Crippen molar-refractivity contribution in [1.29, 1.82) is 0 Å². The zero-order chi connectivity index (χ0) is 18.2. The molecular weight excluding hydrogens is 346 g/mol. The van der Waals surface area contributed by atoms with E-state index in [1.54, 1.807) is 0 Å². The van der Waals surface area contributed by atoms with Crippen molar-refractivity contribution in [3.05, 3.63) is 76.8 Å². The van der Waals surface area contributed by atoms with Crippen LogP contribution in [-0.2, 0) is 6.54 Å². The van der Waals surface area contributed by atoms with E-state index in [0.29, 0.717) is 11.6 Å². The van der Waals surface area contributed by atoms with Crippen LogP contribution in [0.4, 0.5) is 4.79 Å². The standard InChI is InChI=1S/C21H24ClN3O/c22-20-10-4-8-19(16-20)17-23-21(26)25-14-12-24(13-15-25)11-5-9-18-6-2-1-3-7-18/h1-10,16H,11-15,17H2,(H,23,26)/b9-5+. The number of benzene rings is 2. The Balaban J connectivity index is 1.39. The number of hydrogen-bond acceptors (Lipinski definition) is 2. The van der Waals surface area contributed by atoms with Crippen LogP contribution in [0, 0.1) is 0 Å². The van der Waals surface area contributed by atoms with Gasteiger partial charge in [-0.15, -0.1) is 0 Å². The predicted octanol–water partition coefficient (Wildman–Crippen LogP) is 3.88. The van der Waals surface area contributed by atoms with E-state index < -0.39 is 0 Å². The van der Waals surface area contributed by atoms with Gasteiger partial charge in [0.05, 0.1) is 0 Å².